The van der Waals surface area contributed by atoms with Crippen LogP contribution in [-0.2, 0) is 14.8 Å². The number of sulfonamides is 1. The number of carbonyl (C=O) groups is 1. The Morgan fingerprint density at radius 1 is 1.30 bits per heavy atom. The molecule has 1 atom stereocenters. The van der Waals surface area contributed by atoms with Gasteiger partial charge in [-0.3, -0.25) is 4.79 Å². The van der Waals surface area contributed by atoms with E-state index in [1.807, 2.05) is 0 Å². The predicted molar refractivity (Wildman–Crippen MR) is 93.2 cm³/mol. The number of piperidine rings is 1. The minimum atomic E-state index is -3.51. The average molecular weight is 362 g/mol. The van der Waals surface area contributed by atoms with Gasteiger partial charge in [0.05, 0.1) is 4.90 Å². The van der Waals surface area contributed by atoms with Crippen molar-refractivity contribution in [3.63, 3.8) is 0 Å². The minimum Gasteiger partial charge on any atom is -0.330 e. The number of halogens is 1. The number of rotatable bonds is 5. The van der Waals surface area contributed by atoms with Crippen molar-refractivity contribution in [2.24, 2.45) is 5.73 Å². The number of benzene rings is 1. The molecule has 1 fully saturated rings. The van der Waals surface area contributed by atoms with E-state index in [4.69, 9.17) is 5.73 Å². The van der Waals surface area contributed by atoms with E-state index in [1.54, 1.807) is 16.4 Å². The second-order valence-electron chi connectivity index (χ2n) is 5.55. The zero-order valence-corrected chi connectivity index (χ0v) is 14.8. The SMILES string of the molecule is CC(=O)Nc1ccc(S(=O)(=O)N2CCCCC2CCN)cc1.Cl. The average Bonchev–Trinajstić information content (AvgIpc) is 2.48. The third-order valence-electron chi connectivity index (χ3n) is 3.85. The van der Waals surface area contributed by atoms with Gasteiger partial charge in [0, 0.05) is 25.2 Å². The van der Waals surface area contributed by atoms with E-state index in [0.717, 1.165) is 19.3 Å². The zero-order chi connectivity index (χ0) is 16.2. The maximum Gasteiger partial charge on any atom is 0.243 e. The third kappa shape index (κ3) is 4.91. The summed E-state index contributed by atoms with van der Waals surface area (Å²) < 4.78 is 27.2. The summed E-state index contributed by atoms with van der Waals surface area (Å²) in [4.78, 5) is 11.3. The van der Waals surface area contributed by atoms with Crippen molar-refractivity contribution in [1.29, 1.82) is 0 Å². The van der Waals surface area contributed by atoms with Gasteiger partial charge in [0.25, 0.3) is 0 Å². The quantitative estimate of drug-likeness (QED) is 0.838. The number of nitrogens with two attached hydrogens (primary N) is 1. The molecule has 6 nitrogen and oxygen atoms in total. The fraction of sp³-hybridized carbons (Fsp3) is 0.533. The number of nitrogens with zero attached hydrogens (tertiary/aromatic N) is 1. The molecule has 1 aliphatic heterocycles. The molecule has 23 heavy (non-hydrogen) atoms. The maximum atomic E-state index is 12.8. The molecule has 3 N–H and O–H groups in total. The smallest absolute Gasteiger partial charge is 0.243 e. The van der Waals surface area contributed by atoms with Crippen LogP contribution in [0.3, 0.4) is 0 Å². The first kappa shape index (κ1) is 19.9. The highest BCUT2D eigenvalue weighted by atomic mass is 35.5. The van der Waals surface area contributed by atoms with Crippen LogP contribution < -0.4 is 11.1 Å². The van der Waals surface area contributed by atoms with Crippen molar-refractivity contribution < 1.29 is 13.2 Å². The van der Waals surface area contributed by atoms with Crippen LogP contribution in [0.2, 0.25) is 0 Å². The summed E-state index contributed by atoms with van der Waals surface area (Å²) >= 11 is 0. The van der Waals surface area contributed by atoms with Crippen molar-refractivity contribution in [2.75, 3.05) is 18.4 Å². The second kappa shape index (κ2) is 8.63. The molecular formula is C15H24ClN3O3S. The molecular weight excluding hydrogens is 338 g/mol. The van der Waals surface area contributed by atoms with E-state index in [1.165, 1.54) is 19.1 Å². The fourth-order valence-electron chi connectivity index (χ4n) is 2.82. The Kier molecular flexibility index (Phi) is 7.47. The Hall–Kier alpha value is -1.15. The molecule has 1 aliphatic rings. The molecule has 0 radical (unpaired) electrons. The van der Waals surface area contributed by atoms with Gasteiger partial charge in [-0.05, 0) is 50.1 Å². The largest absolute Gasteiger partial charge is 0.330 e. The lowest BCUT2D eigenvalue weighted by molar-refractivity contribution is -0.114. The number of carbonyl (C=O) groups excluding carboxylic acids is 1. The van der Waals surface area contributed by atoms with Crippen molar-refractivity contribution in [3.8, 4) is 0 Å². The van der Waals surface area contributed by atoms with Gasteiger partial charge in [0.1, 0.15) is 0 Å². The van der Waals surface area contributed by atoms with Crippen molar-refractivity contribution in [3.05, 3.63) is 24.3 Å². The lowest BCUT2D eigenvalue weighted by Gasteiger charge is -2.34. The Balaban J connectivity index is 0.00000264. The molecule has 1 aromatic carbocycles. The summed E-state index contributed by atoms with van der Waals surface area (Å²) in [5.74, 6) is -0.186. The van der Waals surface area contributed by atoms with Crippen molar-refractivity contribution in [1.82, 2.24) is 4.31 Å². The van der Waals surface area contributed by atoms with E-state index >= 15 is 0 Å². The second-order valence-corrected chi connectivity index (χ2v) is 7.44. The standard InChI is InChI=1S/C15H23N3O3S.ClH/c1-12(19)17-13-5-7-15(8-6-13)22(20,21)18-11-3-2-4-14(18)9-10-16;/h5-8,14H,2-4,9-11,16H2,1H3,(H,17,19);1H. The highest BCUT2D eigenvalue weighted by Gasteiger charge is 2.32. The minimum absolute atomic E-state index is 0. The highest BCUT2D eigenvalue weighted by Crippen LogP contribution is 2.27. The lowest BCUT2D eigenvalue weighted by Crippen LogP contribution is -2.44. The molecule has 1 heterocycles. The summed E-state index contributed by atoms with van der Waals surface area (Å²) in [5.41, 5.74) is 6.19. The van der Waals surface area contributed by atoms with Gasteiger partial charge in [-0.15, -0.1) is 12.4 Å². The zero-order valence-electron chi connectivity index (χ0n) is 13.2. The van der Waals surface area contributed by atoms with E-state index in [0.29, 0.717) is 25.2 Å². The first-order valence-corrected chi connectivity index (χ1v) is 8.98. The van der Waals surface area contributed by atoms with Crippen LogP contribution in [0.5, 0.6) is 0 Å². The number of hydrogen-bond acceptors (Lipinski definition) is 4. The normalized spacial score (nSPS) is 19.0. The number of hydrogen-bond donors (Lipinski definition) is 2. The Labute approximate surface area is 143 Å². The van der Waals surface area contributed by atoms with Gasteiger partial charge in [0.15, 0.2) is 0 Å². The molecule has 0 spiro atoms. The molecule has 1 amide bonds. The third-order valence-corrected chi connectivity index (χ3v) is 5.82. The molecule has 0 saturated carbocycles. The first-order chi connectivity index (χ1) is 10.4. The van der Waals surface area contributed by atoms with Crippen molar-refractivity contribution >= 4 is 34.0 Å². The summed E-state index contributed by atoms with van der Waals surface area (Å²) in [6.45, 7) is 2.44. The topological polar surface area (TPSA) is 92.5 Å². The van der Waals surface area contributed by atoms with E-state index in [-0.39, 0.29) is 29.3 Å². The molecule has 130 valence electrons. The van der Waals surface area contributed by atoms with Crippen LogP contribution in [-0.4, -0.2) is 37.8 Å². The summed E-state index contributed by atoms with van der Waals surface area (Å²) in [7, 11) is -3.51. The lowest BCUT2D eigenvalue weighted by atomic mass is 10.0. The van der Waals surface area contributed by atoms with Crippen LogP contribution in [0.1, 0.15) is 32.6 Å². The van der Waals surface area contributed by atoms with E-state index in [9.17, 15) is 13.2 Å². The van der Waals surface area contributed by atoms with Gasteiger partial charge in [0.2, 0.25) is 15.9 Å². The van der Waals surface area contributed by atoms with Gasteiger partial charge >= 0.3 is 0 Å². The molecule has 8 heteroatoms. The van der Waals surface area contributed by atoms with Gasteiger partial charge in [-0.25, -0.2) is 8.42 Å². The molecule has 0 aliphatic carbocycles. The van der Waals surface area contributed by atoms with E-state index < -0.39 is 10.0 Å². The molecule has 1 saturated heterocycles. The van der Waals surface area contributed by atoms with Crippen LogP contribution in [0.4, 0.5) is 5.69 Å². The number of anilines is 1. The molecule has 0 aromatic heterocycles. The van der Waals surface area contributed by atoms with Crippen LogP contribution >= 0.6 is 12.4 Å². The van der Waals surface area contributed by atoms with E-state index in [2.05, 4.69) is 5.32 Å². The molecule has 1 aromatic rings. The maximum absolute atomic E-state index is 12.8. The Bertz CT molecular complexity index is 617. The number of amides is 1. The summed E-state index contributed by atoms with van der Waals surface area (Å²) in [6.07, 6.45) is 3.46. The van der Waals surface area contributed by atoms with Crippen LogP contribution in [0, 0.1) is 0 Å². The van der Waals surface area contributed by atoms with Crippen LogP contribution in [0.15, 0.2) is 29.2 Å². The predicted octanol–water partition coefficient (Wildman–Crippen LogP) is 1.96. The van der Waals surface area contributed by atoms with Gasteiger partial charge in [-0.1, -0.05) is 6.42 Å². The first-order valence-electron chi connectivity index (χ1n) is 7.54. The number of nitrogens with one attached hydrogen (secondary N) is 1. The van der Waals surface area contributed by atoms with Crippen LogP contribution in [0.25, 0.3) is 0 Å². The Morgan fingerprint density at radius 2 is 1.96 bits per heavy atom. The highest BCUT2D eigenvalue weighted by molar-refractivity contribution is 7.89. The van der Waals surface area contributed by atoms with Gasteiger partial charge in [-0.2, -0.15) is 4.31 Å². The fourth-order valence-corrected chi connectivity index (χ4v) is 4.54. The molecule has 0 bridgehead atoms. The Morgan fingerprint density at radius 3 is 2.52 bits per heavy atom. The monoisotopic (exact) mass is 361 g/mol. The van der Waals surface area contributed by atoms with Gasteiger partial charge < -0.3 is 11.1 Å². The molecule has 1 unspecified atom stereocenters. The van der Waals surface area contributed by atoms with Crippen molar-refractivity contribution in [2.45, 2.75) is 43.5 Å². The molecule has 2 rings (SSSR count). The summed E-state index contributed by atoms with van der Waals surface area (Å²) in [5, 5.41) is 2.63. The summed E-state index contributed by atoms with van der Waals surface area (Å²) in [6, 6.07) is 6.27.